The number of amides is 1. The summed E-state index contributed by atoms with van der Waals surface area (Å²) < 4.78 is 6.97. The van der Waals surface area contributed by atoms with Gasteiger partial charge >= 0.3 is 5.97 Å². The van der Waals surface area contributed by atoms with Gasteiger partial charge in [0.2, 0.25) is 0 Å². The summed E-state index contributed by atoms with van der Waals surface area (Å²) in [5, 5.41) is 2.79. The average molecular weight is 333 g/mol. The first-order valence-corrected chi connectivity index (χ1v) is 7.84. The van der Waals surface area contributed by atoms with Crippen LogP contribution >= 0.6 is 12.2 Å². The molecule has 1 aromatic heterocycles. The fourth-order valence-corrected chi connectivity index (χ4v) is 2.39. The molecule has 0 saturated heterocycles. The molecule has 2 N–H and O–H groups in total. The van der Waals surface area contributed by atoms with E-state index in [0.29, 0.717) is 30.0 Å². The second-order valence-electron chi connectivity index (χ2n) is 4.81. The van der Waals surface area contributed by atoms with Crippen LogP contribution in [0.15, 0.2) is 36.5 Å². The summed E-state index contributed by atoms with van der Waals surface area (Å²) in [6.45, 7) is 2.53. The van der Waals surface area contributed by atoms with E-state index >= 15 is 0 Å². The quantitative estimate of drug-likeness (QED) is 0.464. The summed E-state index contributed by atoms with van der Waals surface area (Å²) in [5.74, 6) is -0.499. The van der Waals surface area contributed by atoms with Gasteiger partial charge in [0, 0.05) is 24.8 Å². The minimum Gasteiger partial charge on any atom is -0.466 e. The number of benzene rings is 1. The van der Waals surface area contributed by atoms with Gasteiger partial charge < -0.3 is 15.0 Å². The molecule has 0 fully saturated rings. The van der Waals surface area contributed by atoms with E-state index in [4.69, 9.17) is 17.0 Å². The summed E-state index contributed by atoms with van der Waals surface area (Å²) >= 11 is 5.24. The van der Waals surface area contributed by atoms with Crippen molar-refractivity contribution in [3.8, 4) is 5.69 Å². The molecule has 1 heterocycles. The summed E-state index contributed by atoms with van der Waals surface area (Å²) in [6.07, 6.45) is 2.39. The Morgan fingerprint density at radius 1 is 1.30 bits per heavy atom. The molecule has 0 bridgehead atoms. The lowest BCUT2D eigenvalue weighted by Gasteiger charge is -2.09. The number of nitrogens with zero attached hydrogens (tertiary/aromatic N) is 1. The van der Waals surface area contributed by atoms with E-state index in [-0.39, 0.29) is 18.3 Å². The molecular formula is C16H19N3O3S. The molecule has 2 aromatic rings. The standard InChI is InChI=1S/C16H19N3O3S/c1-2-22-14(20)9-6-10-17-15(21)13-11-18-16(23)19(13)12-7-4-3-5-8-12/h3-5,7-8,11H,2,6,9-10H2,1H3,(H,17,21)(H,18,23). The van der Waals surface area contributed by atoms with Gasteiger partial charge in [-0.05, 0) is 37.7 Å². The minimum absolute atomic E-state index is 0.245. The third-order valence-corrected chi connectivity index (χ3v) is 3.47. The summed E-state index contributed by atoms with van der Waals surface area (Å²) in [5.41, 5.74) is 1.24. The predicted molar refractivity (Wildman–Crippen MR) is 89.2 cm³/mol. The van der Waals surface area contributed by atoms with Crippen LogP contribution in [0.25, 0.3) is 5.69 Å². The molecule has 0 radical (unpaired) electrons. The van der Waals surface area contributed by atoms with Gasteiger partial charge in [0.15, 0.2) is 4.77 Å². The molecule has 2 rings (SSSR count). The van der Waals surface area contributed by atoms with Crippen LogP contribution in [0.3, 0.4) is 0 Å². The summed E-state index contributed by atoms with van der Waals surface area (Å²) in [7, 11) is 0. The van der Waals surface area contributed by atoms with Crippen LogP contribution in [0, 0.1) is 4.77 Å². The minimum atomic E-state index is -0.254. The first kappa shape index (κ1) is 17.0. The van der Waals surface area contributed by atoms with Crippen molar-refractivity contribution in [2.75, 3.05) is 13.2 Å². The zero-order chi connectivity index (χ0) is 16.7. The maximum Gasteiger partial charge on any atom is 0.305 e. The van der Waals surface area contributed by atoms with Crippen LogP contribution in [0.1, 0.15) is 30.3 Å². The number of hydrogen-bond donors (Lipinski definition) is 2. The molecule has 0 aliphatic heterocycles. The monoisotopic (exact) mass is 333 g/mol. The highest BCUT2D eigenvalue weighted by Gasteiger charge is 2.14. The van der Waals surface area contributed by atoms with E-state index in [1.807, 2.05) is 30.3 Å². The number of carbonyl (C=O) groups excluding carboxylic acids is 2. The topological polar surface area (TPSA) is 76.1 Å². The Labute approximate surface area is 139 Å². The molecule has 23 heavy (non-hydrogen) atoms. The Balaban J connectivity index is 1.99. The first-order chi connectivity index (χ1) is 11.1. The molecular weight excluding hydrogens is 314 g/mol. The summed E-state index contributed by atoms with van der Waals surface area (Å²) in [4.78, 5) is 26.4. The highest BCUT2D eigenvalue weighted by molar-refractivity contribution is 7.71. The predicted octanol–water partition coefficient (Wildman–Crippen LogP) is 2.61. The number of carbonyl (C=O) groups is 2. The van der Waals surface area contributed by atoms with Crippen molar-refractivity contribution >= 4 is 24.1 Å². The lowest BCUT2D eigenvalue weighted by atomic mass is 10.3. The lowest BCUT2D eigenvalue weighted by Crippen LogP contribution is -2.27. The van der Waals surface area contributed by atoms with Gasteiger partial charge in [0.25, 0.3) is 5.91 Å². The van der Waals surface area contributed by atoms with Gasteiger partial charge in [-0.15, -0.1) is 0 Å². The van der Waals surface area contributed by atoms with Gasteiger partial charge in [-0.1, -0.05) is 18.2 Å². The van der Waals surface area contributed by atoms with Crippen LogP contribution < -0.4 is 5.32 Å². The van der Waals surface area contributed by atoms with Crippen LogP contribution in [0.5, 0.6) is 0 Å². The van der Waals surface area contributed by atoms with Gasteiger partial charge in [0.1, 0.15) is 5.69 Å². The first-order valence-electron chi connectivity index (χ1n) is 7.43. The fourth-order valence-electron chi connectivity index (χ4n) is 2.13. The molecule has 7 heteroatoms. The molecule has 0 aliphatic carbocycles. The van der Waals surface area contributed by atoms with Crippen LogP contribution in [0.4, 0.5) is 0 Å². The van der Waals surface area contributed by atoms with E-state index in [1.54, 1.807) is 17.7 Å². The number of para-hydroxylation sites is 1. The number of ether oxygens (including phenoxy) is 1. The third-order valence-electron chi connectivity index (χ3n) is 3.17. The molecule has 1 aromatic carbocycles. The van der Waals surface area contributed by atoms with E-state index in [1.165, 1.54) is 0 Å². The van der Waals surface area contributed by atoms with Crippen molar-refractivity contribution in [1.29, 1.82) is 0 Å². The SMILES string of the molecule is CCOC(=O)CCCNC(=O)c1c[nH]c(=S)n1-c1ccccc1. The number of aromatic nitrogens is 2. The summed E-state index contributed by atoms with van der Waals surface area (Å²) in [6, 6.07) is 9.41. The van der Waals surface area contributed by atoms with Crippen molar-refractivity contribution in [3.05, 3.63) is 47.0 Å². The number of H-pyrrole nitrogens is 1. The zero-order valence-corrected chi connectivity index (χ0v) is 13.7. The Morgan fingerprint density at radius 2 is 2.04 bits per heavy atom. The number of hydrogen-bond acceptors (Lipinski definition) is 4. The second-order valence-corrected chi connectivity index (χ2v) is 5.20. The van der Waals surface area contributed by atoms with Gasteiger partial charge in [-0.3, -0.25) is 14.2 Å². The van der Waals surface area contributed by atoms with E-state index < -0.39 is 0 Å². The molecule has 0 unspecified atom stereocenters. The molecule has 0 aliphatic rings. The highest BCUT2D eigenvalue weighted by Crippen LogP contribution is 2.12. The van der Waals surface area contributed by atoms with Crippen molar-refractivity contribution in [3.63, 3.8) is 0 Å². The number of aromatic amines is 1. The van der Waals surface area contributed by atoms with E-state index in [9.17, 15) is 9.59 Å². The second kappa shape index (κ2) is 8.28. The van der Waals surface area contributed by atoms with Gasteiger partial charge in [0.05, 0.1) is 6.61 Å². The maximum atomic E-state index is 12.3. The number of esters is 1. The van der Waals surface area contributed by atoms with Crippen LogP contribution in [-0.4, -0.2) is 34.6 Å². The lowest BCUT2D eigenvalue weighted by molar-refractivity contribution is -0.143. The average Bonchev–Trinajstić information content (AvgIpc) is 2.94. The van der Waals surface area contributed by atoms with Crippen molar-refractivity contribution in [2.45, 2.75) is 19.8 Å². The number of rotatable bonds is 7. The smallest absolute Gasteiger partial charge is 0.305 e. The van der Waals surface area contributed by atoms with Crippen LogP contribution in [0.2, 0.25) is 0 Å². The Hall–Kier alpha value is -2.41. The molecule has 6 nitrogen and oxygen atoms in total. The normalized spacial score (nSPS) is 10.3. The zero-order valence-electron chi connectivity index (χ0n) is 12.9. The fraction of sp³-hybridized carbons (Fsp3) is 0.312. The molecule has 0 spiro atoms. The molecule has 0 atom stereocenters. The molecule has 122 valence electrons. The third kappa shape index (κ3) is 4.53. The number of imidazole rings is 1. The Kier molecular flexibility index (Phi) is 6.10. The van der Waals surface area contributed by atoms with Crippen molar-refractivity contribution in [2.24, 2.45) is 0 Å². The van der Waals surface area contributed by atoms with Crippen molar-refractivity contribution in [1.82, 2.24) is 14.9 Å². The molecule has 1 amide bonds. The van der Waals surface area contributed by atoms with Gasteiger partial charge in [-0.25, -0.2) is 0 Å². The molecule has 0 saturated carbocycles. The number of nitrogens with one attached hydrogen (secondary N) is 2. The van der Waals surface area contributed by atoms with E-state index in [0.717, 1.165) is 5.69 Å². The van der Waals surface area contributed by atoms with Crippen LogP contribution in [-0.2, 0) is 9.53 Å². The largest absolute Gasteiger partial charge is 0.466 e. The van der Waals surface area contributed by atoms with E-state index in [2.05, 4.69) is 10.3 Å². The van der Waals surface area contributed by atoms with Crippen molar-refractivity contribution < 1.29 is 14.3 Å². The Bertz CT molecular complexity index is 722. The van der Waals surface area contributed by atoms with Gasteiger partial charge in [-0.2, -0.15) is 0 Å². The Morgan fingerprint density at radius 3 is 2.74 bits per heavy atom. The maximum absolute atomic E-state index is 12.3. The highest BCUT2D eigenvalue weighted by atomic mass is 32.1.